The summed E-state index contributed by atoms with van der Waals surface area (Å²) in [7, 11) is 0. The first-order valence-corrected chi connectivity index (χ1v) is 8.83. The molecule has 3 aromatic rings. The standard InChI is InChI=1S/C20H19ClN2O2/c21-13-5-8-15(9-6-13)25-12-20(24)22-14-7-10-17-16-3-1-2-4-18(16)23-19(17)11-14/h1-6,8-9,14,23H,7,10-12H2,(H,22,24). The second-order valence-electron chi connectivity index (χ2n) is 6.38. The highest BCUT2D eigenvalue weighted by molar-refractivity contribution is 6.30. The van der Waals surface area contributed by atoms with E-state index in [1.807, 2.05) is 6.07 Å². The van der Waals surface area contributed by atoms with Crippen LogP contribution in [0.5, 0.6) is 5.75 Å². The van der Waals surface area contributed by atoms with Crippen molar-refractivity contribution in [2.45, 2.75) is 25.3 Å². The van der Waals surface area contributed by atoms with Crippen LogP contribution >= 0.6 is 11.6 Å². The molecule has 0 saturated heterocycles. The van der Waals surface area contributed by atoms with Crippen LogP contribution in [0.2, 0.25) is 5.02 Å². The van der Waals surface area contributed by atoms with E-state index in [1.54, 1.807) is 24.3 Å². The van der Waals surface area contributed by atoms with Gasteiger partial charge in [-0.25, -0.2) is 0 Å². The molecule has 0 fully saturated rings. The third-order valence-electron chi connectivity index (χ3n) is 4.64. The van der Waals surface area contributed by atoms with Crippen LogP contribution in [0.4, 0.5) is 0 Å². The van der Waals surface area contributed by atoms with Gasteiger partial charge in [-0.3, -0.25) is 4.79 Å². The number of aryl methyl sites for hydroxylation is 1. The number of amides is 1. The topological polar surface area (TPSA) is 54.1 Å². The molecule has 1 aliphatic carbocycles. The number of hydrogen-bond acceptors (Lipinski definition) is 2. The van der Waals surface area contributed by atoms with Gasteiger partial charge < -0.3 is 15.0 Å². The smallest absolute Gasteiger partial charge is 0.258 e. The van der Waals surface area contributed by atoms with E-state index in [2.05, 4.69) is 28.5 Å². The quantitative estimate of drug-likeness (QED) is 0.747. The zero-order chi connectivity index (χ0) is 17.2. The van der Waals surface area contributed by atoms with Crippen molar-refractivity contribution in [3.05, 3.63) is 64.8 Å². The lowest BCUT2D eigenvalue weighted by molar-refractivity contribution is -0.123. The van der Waals surface area contributed by atoms with E-state index in [9.17, 15) is 4.79 Å². The number of ether oxygens (including phenoxy) is 1. The van der Waals surface area contributed by atoms with Gasteiger partial charge >= 0.3 is 0 Å². The minimum Gasteiger partial charge on any atom is -0.484 e. The molecular weight excluding hydrogens is 336 g/mol. The average molecular weight is 355 g/mol. The summed E-state index contributed by atoms with van der Waals surface area (Å²) in [6, 6.07) is 15.5. The summed E-state index contributed by atoms with van der Waals surface area (Å²) in [6.07, 6.45) is 2.75. The van der Waals surface area contributed by atoms with Gasteiger partial charge in [0.1, 0.15) is 5.75 Å². The number of H-pyrrole nitrogens is 1. The summed E-state index contributed by atoms with van der Waals surface area (Å²) >= 11 is 5.84. The van der Waals surface area contributed by atoms with Crippen molar-refractivity contribution in [3.63, 3.8) is 0 Å². The normalized spacial score (nSPS) is 16.4. The molecule has 0 bridgehead atoms. The van der Waals surface area contributed by atoms with Crippen molar-refractivity contribution in [3.8, 4) is 5.75 Å². The maximum absolute atomic E-state index is 12.2. The molecule has 4 rings (SSSR count). The first-order valence-electron chi connectivity index (χ1n) is 8.45. The second-order valence-corrected chi connectivity index (χ2v) is 6.81. The van der Waals surface area contributed by atoms with Crippen LogP contribution in [0, 0.1) is 0 Å². The molecular formula is C20H19ClN2O2. The Hall–Kier alpha value is -2.46. The molecule has 1 unspecified atom stereocenters. The van der Waals surface area contributed by atoms with Gasteiger partial charge in [0.15, 0.2) is 6.61 Å². The number of carbonyl (C=O) groups is 1. The predicted octanol–water partition coefficient (Wildman–Crippen LogP) is 3.87. The number of benzene rings is 2. The largest absolute Gasteiger partial charge is 0.484 e. The van der Waals surface area contributed by atoms with Crippen molar-refractivity contribution in [2.24, 2.45) is 0 Å². The number of rotatable bonds is 4. The number of halogens is 1. The molecule has 2 N–H and O–H groups in total. The van der Waals surface area contributed by atoms with E-state index >= 15 is 0 Å². The van der Waals surface area contributed by atoms with E-state index in [0.29, 0.717) is 10.8 Å². The number of fused-ring (bicyclic) bond motifs is 3. The second kappa shape index (κ2) is 6.81. The highest BCUT2D eigenvalue weighted by atomic mass is 35.5. The SMILES string of the molecule is O=C(COc1ccc(Cl)cc1)NC1CCc2c([nH]c3ccccc23)C1. The highest BCUT2D eigenvalue weighted by Crippen LogP contribution is 2.29. The van der Waals surface area contributed by atoms with Gasteiger partial charge in [-0.1, -0.05) is 29.8 Å². The zero-order valence-electron chi connectivity index (χ0n) is 13.7. The van der Waals surface area contributed by atoms with E-state index in [4.69, 9.17) is 16.3 Å². The third-order valence-corrected chi connectivity index (χ3v) is 4.90. The Morgan fingerprint density at radius 2 is 2.00 bits per heavy atom. The van der Waals surface area contributed by atoms with Crippen LogP contribution in [-0.4, -0.2) is 23.5 Å². The fourth-order valence-electron chi connectivity index (χ4n) is 3.45. The Bertz CT molecular complexity index is 902. The van der Waals surface area contributed by atoms with Crippen molar-refractivity contribution in [1.82, 2.24) is 10.3 Å². The summed E-state index contributed by atoms with van der Waals surface area (Å²) in [5.74, 6) is 0.542. The fourth-order valence-corrected chi connectivity index (χ4v) is 3.58. The molecule has 4 nitrogen and oxygen atoms in total. The number of nitrogens with one attached hydrogen (secondary N) is 2. The summed E-state index contributed by atoms with van der Waals surface area (Å²) in [5, 5.41) is 5.02. The van der Waals surface area contributed by atoms with Crippen LogP contribution in [0.25, 0.3) is 10.9 Å². The lowest BCUT2D eigenvalue weighted by Gasteiger charge is -2.23. The van der Waals surface area contributed by atoms with Crippen molar-refractivity contribution in [1.29, 1.82) is 0 Å². The third kappa shape index (κ3) is 3.49. The molecule has 2 aromatic carbocycles. The minimum atomic E-state index is -0.0977. The molecule has 0 saturated carbocycles. The lowest BCUT2D eigenvalue weighted by atomic mass is 9.92. The number of hydrogen-bond donors (Lipinski definition) is 2. The predicted molar refractivity (Wildman–Crippen MR) is 99.2 cm³/mol. The fraction of sp³-hybridized carbons (Fsp3) is 0.250. The van der Waals surface area contributed by atoms with Crippen LogP contribution < -0.4 is 10.1 Å². The van der Waals surface area contributed by atoms with Gasteiger partial charge in [0.05, 0.1) is 0 Å². The average Bonchev–Trinajstić information content (AvgIpc) is 2.99. The maximum atomic E-state index is 12.2. The number of aromatic amines is 1. The zero-order valence-corrected chi connectivity index (χ0v) is 14.5. The van der Waals surface area contributed by atoms with Crippen molar-refractivity contribution >= 4 is 28.4 Å². The van der Waals surface area contributed by atoms with E-state index in [1.165, 1.54) is 22.2 Å². The Labute approximate surface area is 151 Å². The molecule has 5 heteroatoms. The minimum absolute atomic E-state index is 0.0116. The molecule has 1 heterocycles. The number of para-hydroxylation sites is 1. The van der Waals surface area contributed by atoms with Gasteiger partial charge in [-0.05, 0) is 48.7 Å². The molecule has 25 heavy (non-hydrogen) atoms. The lowest BCUT2D eigenvalue weighted by Crippen LogP contribution is -2.41. The van der Waals surface area contributed by atoms with Crippen LogP contribution in [0.1, 0.15) is 17.7 Å². The monoisotopic (exact) mass is 354 g/mol. The van der Waals surface area contributed by atoms with Gasteiger partial charge in [-0.15, -0.1) is 0 Å². The Morgan fingerprint density at radius 1 is 1.20 bits per heavy atom. The molecule has 0 radical (unpaired) electrons. The molecule has 1 amide bonds. The van der Waals surface area contributed by atoms with E-state index in [-0.39, 0.29) is 18.6 Å². The summed E-state index contributed by atoms with van der Waals surface area (Å²) in [4.78, 5) is 15.7. The summed E-state index contributed by atoms with van der Waals surface area (Å²) < 4.78 is 5.50. The van der Waals surface area contributed by atoms with Gasteiger partial charge in [0.25, 0.3) is 5.91 Å². The molecule has 1 aromatic heterocycles. The number of carbonyl (C=O) groups excluding carboxylic acids is 1. The van der Waals surface area contributed by atoms with Crippen LogP contribution in [-0.2, 0) is 17.6 Å². The molecule has 1 atom stereocenters. The number of aromatic nitrogens is 1. The maximum Gasteiger partial charge on any atom is 0.258 e. The summed E-state index contributed by atoms with van der Waals surface area (Å²) in [5.41, 5.74) is 3.79. The van der Waals surface area contributed by atoms with Crippen LogP contribution in [0.3, 0.4) is 0 Å². The molecule has 128 valence electrons. The summed E-state index contributed by atoms with van der Waals surface area (Å²) in [6.45, 7) is 0.0116. The van der Waals surface area contributed by atoms with Gasteiger partial charge in [0.2, 0.25) is 0 Å². The first kappa shape index (κ1) is 16.0. The van der Waals surface area contributed by atoms with E-state index in [0.717, 1.165) is 19.3 Å². The van der Waals surface area contributed by atoms with Gasteiger partial charge in [0, 0.05) is 34.1 Å². The highest BCUT2D eigenvalue weighted by Gasteiger charge is 2.23. The van der Waals surface area contributed by atoms with Crippen molar-refractivity contribution in [2.75, 3.05) is 6.61 Å². The molecule has 0 aliphatic heterocycles. The molecule has 0 spiro atoms. The van der Waals surface area contributed by atoms with Crippen molar-refractivity contribution < 1.29 is 9.53 Å². The van der Waals surface area contributed by atoms with Crippen LogP contribution in [0.15, 0.2) is 48.5 Å². The Morgan fingerprint density at radius 3 is 2.84 bits per heavy atom. The van der Waals surface area contributed by atoms with E-state index < -0.39 is 0 Å². The van der Waals surface area contributed by atoms with Gasteiger partial charge in [-0.2, -0.15) is 0 Å². The molecule has 1 aliphatic rings. The Balaban J connectivity index is 1.35. The first-order chi connectivity index (χ1) is 12.2. The Kier molecular flexibility index (Phi) is 4.36.